The van der Waals surface area contributed by atoms with Gasteiger partial charge in [0, 0.05) is 6.08 Å². The van der Waals surface area contributed by atoms with Crippen molar-refractivity contribution in [2.24, 2.45) is 5.92 Å². The maximum atomic E-state index is 11.3. The number of ether oxygens (including phenoxy) is 1. The Labute approximate surface area is 182 Å². The summed E-state index contributed by atoms with van der Waals surface area (Å²) in [6, 6.07) is 0. The van der Waals surface area contributed by atoms with E-state index >= 15 is 0 Å². The SMILES string of the molecule is C=CC(=O)OC1CCC(CCCCCCCCCCCCCCCCCC)CC1. The highest BCUT2D eigenvalue weighted by Crippen LogP contribution is 2.30. The van der Waals surface area contributed by atoms with Crippen molar-refractivity contribution in [1.82, 2.24) is 0 Å². The molecule has 2 heteroatoms. The monoisotopic (exact) mass is 406 g/mol. The molecule has 0 aromatic carbocycles. The van der Waals surface area contributed by atoms with Crippen LogP contribution in [0, 0.1) is 5.92 Å². The fraction of sp³-hybridized carbons (Fsp3) is 0.889. The normalized spacial score (nSPS) is 19.2. The molecule has 1 aliphatic rings. The van der Waals surface area contributed by atoms with E-state index in [2.05, 4.69) is 13.5 Å². The first-order chi connectivity index (χ1) is 14.3. The molecule has 0 aromatic rings. The predicted molar refractivity (Wildman–Crippen MR) is 126 cm³/mol. The van der Waals surface area contributed by atoms with Crippen molar-refractivity contribution in [2.75, 3.05) is 0 Å². The van der Waals surface area contributed by atoms with Crippen LogP contribution in [-0.2, 0) is 9.53 Å². The first kappa shape index (κ1) is 26.2. The number of esters is 1. The van der Waals surface area contributed by atoms with Crippen LogP contribution in [-0.4, -0.2) is 12.1 Å². The summed E-state index contributed by atoms with van der Waals surface area (Å²) < 4.78 is 5.37. The molecule has 0 aromatic heterocycles. The highest BCUT2D eigenvalue weighted by atomic mass is 16.5. The maximum absolute atomic E-state index is 11.3. The summed E-state index contributed by atoms with van der Waals surface area (Å²) in [4.78, 5) is 11.3. The predicted octanol–water partition coefficient (Wildman–Crippen LogP) is 8.93. The van der Waals surface area contributed by atoms with Gasteiger partial charge in [0.1, 0.15) is 6.10 Å². The van der Waals surface area contributed by atoms with Crippen LogP contribution in [0.3, 0.4) is 0 Å². The van der Waals surface area contributed by atoms with E-state index in [1.807, 2.05) is 0 Å². The third-order valence-corrected chi connectivity index (χ3v) is 6.71. The van der Waals surface area contributed by atoms with Crippen molar-refractivity contribution in [3.63, 3.8) is 0 Å². The van der Waals surface area contributed by atoms with Crippen LogP contribution in [0.4, 0.5) is 0 Å². The van der Waals surface area contributed by atoms with Crippen molar-refractivity contribution in [2.45, 2.75) is 148 Å². The third-order valence-electron chi connectivity index (χ3n) is 6.71. The molecular weight excluding hydrogens is 356 g/mol. The molecule has 0 unspecified atom stereocenters. The molecule has 0 aliphatic heterocycles. The summed E-state index contributed by atoms with van der Waals surface area (Å²) in [6.45, 7) is 5.76. The second-order valence-electron chi connectivity index (χ2n) is 9.38. The van der Waals surface area contributed by atoms with Crippen LogP contribution in [0.15, 0.2) is 12.7 Å². The zero-order valence-electron chi connectivity index (χ0n) is 19.6. The lowest BCUT2D eigenvalue weighted by Gasteiger charge is -2.28. The number of unbranched alkanes of at least 4 members (excludes halogenated alkanes) is 15. The summed E-state index contributed by atoms with van der Waals surface area (Å²) in [7, 11) is 0. The molecule has 170 valence electrons. The Kier molecular flexibility index (Phi) is 17.4. The van der Waals surface area contributed by atoms with Gasteiger partial charge in [0.15, 0.2) is 0 Å². The van der Waals surface area contributed by atoms with Gasteiger partial charge in [-0.15, -0.1) is 0 Å². The van der Waals surface area contributed by atoms with Crippen LogP contribution in [0.1, 0.15) is 142 Å². The Hall–Kier alpha value is -0.790. The zero-order valence-corrected chi connectivity index (χ0v) is 19.6. The molecule has 2 nitrogen and oxygen atoms in total. The number of rotatable bonds is 19. The van der Waals surface area contributed by atoms with E-state index in [1.165, 1.54) is 128 Å². The fourth-order valence-electron chi connectivity index (χ4n) is 4.73. The molecule has 1 fully saturated rings. The van der Waals surface area contributed by atoms with Gasteiger partial charge in [-0.25, -0.2) is 4.79 Å². The Balaban J connectivity index is 1.76. The Bertz CT molecular complexity index is 382. The minimum atomic E-state index is -0.258. The number of hydrogen-bond acceptors (Lipinski definition) is 2. The Morgan fingerprint density at radius 3 is 1.55 bits per heavy atom. The van der Waals surface area contributed by atoms with Crippen molar-refractivity contribution in [3.8, 4) is 0 Å². The Morgan fingerprint density at radius 2 is 1.14 bits per heavy atom. The van der Waals surface area contributed by atoms with Gasteiger partial charge in [-0.3, -0.25) is 0 Å². The summed E-state index contributed by atoms with van der Waals surface area (Å²) in [6.07, 6.45) is 30.3. The van der Waals surface area contributed by atoms with Crippen LogP contribution in [0.25, 0.3) is 0 Å². The molecule has 1 rings (SSSR count). The number of carbonyl (C=O) groups is 1. The van der Waals surface area contributed by atoms with Gasteiger partial charge in [-0.2, -0.15) is 0 Å². The lowest BCUT2D eigenvalue weighted by Crippen LogP contribution is -2.23. The van der Waals surface area contributed by atoms with Gasteiger partial charge < -0.3 is 4.74 Å². The minimum absolute atomic E-state index is 0.141. The summed E-state index contributed by atoms with van der Waals surface area (Å²) >= 11 is 0. The van der Waals surface area contributed by atoms with Gasteiger partial charge in [0.05, 0.1) is 0 Å². The van der Waals surface area contributed by atoms with E-state index in [0.29, 0.717) is 0 Å². The van der Waals surface area contributed by atoms with Crippen molar-refractivity contribution < 1.29 is 9.53 Å². The van der Waals surface area contributed by atoms with Crippen LogP contribution < -0.4 is 0 Å². The molecule has 0 heterocycles. The topological polar surface area (TPSA) is 26.3 Å². The average molecular weight is 407 g/mol. The standard InChI is InChI=1S/C27H50O2/c1-3-5-6-7-8-9-10-11-12-13-14-15-16-17-18-19-20-25-21-23-26(24-22-25)29-27(28)4-2/h4,25-26H,2-3,5-24H2,1H3. The maximum Gasteiger partial charge on any atom is 0.330 e. The lowest BCUT2D eigenvalue weighted by atomic mass is 9.84. The Morgan fingerprint density at radius 1 is 0.724 bits per heavy atom. The van der Waals surface area contributed by atoms with Crippen LogP contribution in [0.2, 0.25) is 0 Å². The van der Waals surface area contributed by atoms with E-state index < -0.39 is 0 Å². The highest BCUT2D eigenvalue weighted by Gasteiger charge is 2.22. The molecule has 0 radical (unpaired) electrons. The molecule has 0 atom stereocenters. The number of hydrogen-bond donors (Lipinski definition) is 0. The minimum Gasteiger partial charge on any atom is -0.459 e. The first-order valence-corrected chi connectivity index (χ1v) is 13.1. The van der Waals surface area contributed by atoms with Crippen molar-refractivity contribution in [3.05, 3.63) is 12.7 Å². The molecule has 29 heavy (non-hydrogen) atoms. The van der Waals surface area contributed by atoms with Gasteiger partial charge in [-0.1, -0.05) is 123 Å². The molecule has 1 saturated carbocycles. The number of carbonyl (C=O) groups excluding carboxylic acids is 1. The van der Waals surface area contributed by atoms with E-state index in [4.69, 9.17) is 4.74 Å². The van der Waals surface area contributed by atoms with Crippen molar-refractivity contribution >= 4 is 5.97 Å². The second kappa shape index (κ2) is 19.2. The zero-order chi connectivity index (χ0) is 21.0. The quantitative estimate of drug-likeness (QED) is 0.121. The second-order valence-corrected chi connectivity index (χ2v) is 9.38. The van der Waals surface area contributed by atoms with Gasteiger partial charge >= 0.3 is 5.97 Å². The van der Waals surface area contributed by atoms with Gasteiger partial charge in [-0.05, 0) is 31.6 Å². The third kappa shape index (κ3) is 15.7. The van der Waals surface area contributed by atoms with E-state index in [-0.39, 0.29) is 12.1 Å². The lowest BCUT2D eigenvalue weighted by molar-refractivity contribution is -0.144. The van der Waals surface area contributed by atoms with E-state index in [9.17, 15) is 4.79 Å². The van der Waals surface area contributed by atoms with Gasteiger partial charge in [0.2, 0.25) is 0 Å². The highest BCUT2D eigenvalue weighted by molar-refractivity contribution is 5.81. The first-order valence-electron chi connectivity index (χ1n) is 13.1. The van der Waals surface area contributed by atoms with Crippen molar-refractivity contribution in [1.29, 1.82) is 0 Å². The van der Waals surface area contributed by atoms with E-state index in [1.54, 1.807) is 0 Å². The molecule has 0 N–H and O–H groups in total. The summed E-state index contributed by atoms with van der Waals surface area (Å²) in [5, 5.41) is 0. The van der Waals surface area contributed by atoms with Gasteiger partial charge in [0.25, 0.3) is 0 Å². The van der Waals surface area contributed by atoms with Crippen LogP contribution >= 0.6 is 0 Å². The molecule has 0 saturated heterocycles. The van der Waals surface area contributed by atoms with E-state index in [0.717, 1.165) is 18.8 Å². The smallest absolute Gasteiger partial charge is 0.330 e. The summed E-state index contributed by atoms with van der Waals surface area (Å²) in [5.74, 6) is 0.603. The molecule has 0 spiro atoms. The summed E-state index contributed by atoms with van der Waals surface area (Å²) in [5.41, 5.74) is 0. The molecule has 0 bridgehead atoms. The molecular formula is C27H50O2. The molecule has 0 amide bonds. The van der Waals surface area contributed by atoms with Crippen LogP contribution in [0.5, 0.6) is 0 Å². The largest absolute Gasteiger partial charge is 0.459 e. The fourth-order valence-corrected chi connectivity index (χ4v) is 4.73. The molecule has 1 aliphatic carbocycles. The average Bonchev–Trinajstić information content (AvgIpc) is 2.74.